The van der Waals surface area contributed by atoms with Gasteiger partial charge in [0.25, 0.3) is 0 Å². The monoisotopic (exact) mass is 92.1 g/mol. The molecule has 0 aromatic heterocycles. The average molecular weight is 92.1 g/mol. The molecule has 0 amide bonds. The largest absolute Gasteiger partial charge is 0.303 e. The molecule has 6 heavy (non-hydrogen) atoms. The molecular formula is C4H9FO. The van der Waals surface area contributed by atoms with E-state index in [-0.39, 0.29) is 4.70 Å². The van der Waals surface area contributed by atoms with Gasteiger partial charge in [0.05, 0.1) is 0 Å². The van der Waals surface area contributed by atoms with Crippen molar-refractivity contribution in [2.24, 2.45) is 0 Å². The maximum atomic E-state index is 9.40. The van der Waals surface area contributed by atoms with Crippen LogP contribution < -0.4 is 0 Å². The summed E-state index contributed by atoms with van der Waals surface area (Å²) in [6.07, 6.45) is 2.61. The van der Waals surface area contributed by atoms with Gasteiger partial charge in [-0.3, -0.25) is 4.70 Å². The molecule has 0 aromatic carbocycles. The van der Waals surface area contributed by atoms with Crippen molar-refractivity contribution in [1.29, 1.82) is 0 Å². The van der Waals surface area contributed by atoms with Gasteiger partial charge in [0, 0.05) is 6.42 Å². The van der Waals surface area contributed by atoms with Crippen LogP contribution in [0.5, 0.6) is 0 Å². The van der Waals surface area contributed by atoms with E-state index in [0.29, 0.717) is 6.42 Å². The number of halogens is 1. The van der Waals surface area contributed by atoms with Crippen LogP contribution in [-0.2, 0) is 4.79 Å². The fraction of sp³-hybridized carbons (Fsp3) is 0.750. The molecule has 0 atom stereocenters. The maximum absolute atomic E-state index is 9.40. The van der Waals surface area contributed by atoms with E-state index in [1.54, 1.807) is 0 Å². The minimum Gasteiger partial charge on any atom is -0.303 e. The van der Waals surface area contributed by atoms with Crippen LogP contribution >= 0.6 is 0 Å². The summed E-state index contributed by atoms with van der Waals surface area (Å²) in [6, 6.07) is 0. The Kier molecular flexibility index (Phi) is 13.4. The smallest absolute Gasteiger partial charge is 0.119 e. The molecule has 0 aliphatic heterocycles. The van der Waals surface area contributed by atoms with Gasteiger partial charge in [-0.15, -0.1) is 0 Å². The van der Waals surface area contributed by atoms with Crippen molar-refractivity contribution in [3.8, 4) is 0 Å². The van der Waals surface area contributed by atoms with Crippen LogP contribution in [0, 0.1) is 0 Å². The maximum Gasteiger partial charge on any atom is 0.119 e. The molecule has 38 valence electrons. The molecule has 1 nitrogen and oxygen atoms in total. The molecule has 2 heteroatoms. The van der Waals surface area contributed by atoms with E-state index in [9.17, 15) is 4.79 Å². The highest BCUT2D eigenvalue weighted by atomic mass is 19.0. The summed E-state index contributed by atoms with van der Waals surface area (Å²) < 4.78 is 0. The summed E-state index contributed by atoms with van der Waals surface area (Å²) in [5.74, 6) is 0. The fourth-order valence-corrected chi connectivity index (χ4v) is 0.118. The third-order valence-corrected chi connectivity index (χ3v) is 0.407. The van der Waals surface area contributed by atoms with E-state index >= 15 is 0 Å². The third-order valence-electron chi connectivity index (χ3n) is 0.407. The van der Waals surface area contributed by atoms with Crippen LogP contribution in [0.25, 0.3) is 0 Å². The summed E-state index contributed by atoms with van der Waals surface area (Å²) >= 11 is 0. The van der Waals surface area contributed by atoms with Crippen molar-refractivity contribution in [3.05, 3.63) is 0 Å². The van der Waals surface area contributed by atoms with Gasteiger partial charge in [0.15, 0.2) is 0 Å². The molecule has 0 saturated heterocycles. The van der Waals surface area contributed by atoms with Crippen LogP contribution in [0.1, 0.15) is 19.8 Å². The normalized spacial score (nSPS) is 6.17. The van der Waals surface area contributed by atoms with Gasteiger partial charge in [0.2, 0.25) is 0 Å². The van der Waals surface area contributed by atoms with Crippen LogP contribution in [0.2, 0.25) is 0 Å². The predicted octanol–water partition coefficient (Wildman–Crippen LogP) is 1.14. The molecule has 0 radical (unpaired) electrons. The average Bonchev–Trinajstić information content (AvgIpc) is 1.41. The SMILES string of the molecule is CCCC=O.F. The molecule has 0 aromatic rings. The Morgan fingerprint density at radius 3 is 2.17 bits per heavy atom. The van der Waals surface area contributed by atoms with Crippen molar-refractivity contribution in [2.75, 3.05) is 0 Å². The Morgan fingerprint density at radius 2 is 2.17 bits per heavy atom. The van der Waals surface area contributed by atoms with Gasteiger partial charge in [0.1, 0.15) is 6.29 Å². The molecule has 0 spiro atoms. The fourth-order valence-electron chi connectivity index (χ4n) is 0.118. The molecule has 0 aliphatic rings. The molecule has 0 aliphatic carbocycles. The quantitative estimate of drug-likeness (QED) is 0.467. The number of unbranched alkanes of at least 4 members (excludes halogenated alkanes) is 1. The molecule has 0 bridgehead atoms. The first kappa shape index (κ1) is 9.14. The summed E-state index contributed by atoms with van der Waals surface area (Å²) in [5, 5.41) is 0. The number of hydrogen-bond donors (Lipinski definition) is 0. The lowest BCUT2D eigenvalue weighted by atomic mass is 10.4. The minimum absolute atomic E-state index is 0. The number of hydrogen-bond acceptors (Lipinski definition) is 1. The van der Waals surface area contributed by atoms with Gasteiger partial charge < -0.3 is 4.79 Å². The summed E-state index contributed by atoms with van der Waals surface area (Å²) in [6.45, 7) is 1.98. The highest BCUT2D eigenvalue weighted by Gasteiger charge is 1.66. The summed E-state index contributed by atoms with van der Waals surface area (Å²) in [5.41, 5.74) is 0. The first-order valence-corrected chi connectivity index (χ1v) is 1.85. The topological polar surface area (TPSA) is 17.1 Å². The van der Waals surface area contributed by atoms with E-state index in [4.69, 9.17) is 0 Å². The van der Waals surface area contributed by atoms with Crippen LogP contribution in [-0.4, -0.2) is 6.29 Å². The number of carbonyl (C=O) groups excluding carboxylic acids is 1. The van der Waals surface area contributed by atoms with E-state index in [1.807, 2.05) is 6.92 Å². The molecular weight excluding hydrogens is 83.0 g/mol. The predicted molar refractivity (Wildman–Crippen MR) is 23.5 cm³/mol. The van der Waals surface area contributed by atoms with Crippen LogP contribution in [0.15, 0.2) is 0 Å². The second-order valence-corrected chi connectivity index (χ2v) is 0.955. The molecule has 0 saturated carbocycles. The number of aldehydes is 1. The molecule has 0 rings (SSSR count). The van der Waals surface area contributed by atoms with Crippen molar-refractivity contribution in [3.63, 3.8) is 0 Å². The van der Waals surface area contributed by atoms with Gasteiger partial charge in [-0.05, 0) is 6.42 Å². The van der Waals surface area contributed by atoms with E-state index in [0.717, 1.165) is 12.7 Å². The second kappa shape index (κ2) is 8.82. The summed E-state index contributed by atoms with van der Waals surface area (Å²) in [7, 11) is 0. The number of rotatable bonds is 2. The van der Waals surface area contributed by atoms with Crippen LogP contribution in [0.3, 0.4) is 0 Å². The molecule has 0 N–H and O–H groups in total. The van der Waals surface area contributed by atoms with Gasteiger partial charge in [-0.1, -0.05) is 6.92 Å². The minimum atomic E-state index is 0. The highest BCUT2D eigenvalue weighted by Crippen LogP contribution is 1.74. The van der Waals surface area contributed by atoms with Crippen molar-refractivity contribution >= 4 is 6.29 Å². The van der Waals surface area contributed by atoms with Crippen molar-refractivity contribution in [1.82, 2.24) is 0 Å². The summed E-state index contributed by atoms with van der Waals surface area (Å²) in [4.78, 5) is 9.40. The van der Waals surface area contributed by atoms with Crippen molar-refractivity contribution < 1.29 is 9.50 Å². The lowest BCUT2D eigenvalue weighted by Crippen LogP contribution is -1.64. The molecule has 0 unspecified atom stereocenters. The Balaban J connectivity index is 0. The zero-order chi connectivity index (χ0) is 4.12. The van der Waals surface area contributed by atoms with Crippen molar-refractivity contribution in [2.45, 2.75) is 19.8 Å². The Morgan fingerprint density at radius 1 is 1.67 bits per heavy atom. The highest BCUT2D eigenvalue weighted by molar-refractivity contribution is 5.48. The Labute approximate surface area is 36.7 Å². The first-order chi connectivity index (χ1) is 2.41. The van der Waals surface area contributed by atoms with Gasteiger partial charge in [-0.2, -0.15) is 0 Å². The van der Waals surface area contributed by atoms with E-state index < -0.39 is 0 Å². The van der Waals surface area contributed by atoms with E-state index in [2.05, 4.69) is 0 Å². The zero-order valence-electron chi connectivity index (χ0n) is 3.81. The Bertz CT molecular complexity index is 28.7. The first-order valence-electron chi connectivity index (χ1n) is 1.85. The van der Waals surface area contributed by atoms with Crippen LogP contribution in [0.4, 0.5) is 4.70 Å². The molecule has 0 fully saturated rings. The lowest BCUT2D eigenvalue weighted by Gasteiger charge is -1.68. The number of carbonyl (C=O) groups is 1. The van der Waals surface area contributed by atoms with E-state index in [1.165, 1.54) is 0 Å². The Hall–Kier alpha value is -0.400. The zero-order valence-corrected chi connectivity index (χ0v) is 3.81. The molecule has 0 heterocycles. The third kappa shape index (κ3) is 9.51. The van der Waals surface area contributed by atoms with Gasteiger partial charge >= 0.3 is 0 Å². The lowest BCUT2D eigenvalue weighted by molar-refractivity contribution is -0.107. The van der Waals surface area contributed by atoms with Gasteiger partial charge in [-0.25, -0.2) is 0 Å². The standard InChI is InChI=1S/C4H8O.FH/c1-2-3-4-5;/h4H,2-3H2,1H3;1H. The second-order valence-electron chi connectivity index (χ2n) is 0.955.